The molecule has 1 N–H and O–H groups in total. The molecule has 4 aromatic rings. The molecule has 1 aromatic carbocycles. The van der Waals surface area contributed by atoms with Gasteiger partial charge < -0.3 is 5.11 Å². The third-order valence-electron chi connectivity index (χ3n) is 4.32. The summed E-state index contributed by atoms with van der Waals surface area (Å²) in [7, 11) is 0. The van der Waals surface area contributed by atoms with Crippen molar-refractivity contribution in [1.82, 2.24) is 14.5 Å². The van der Waals surface area contributed by atoms with Crippen molar-refractivity contribution in [3.63, 3.8) is 0 Å². The number of carboxylic acid groups (broad SMARTS) is 1. The Kier molecular flexibility index (Phi) is 4.29. The van der Waals surface area contributed by atoms with Gasteiger partial charge in [-0.25, -0.2) is 9.78 Å². The zero-order chi connectivity index (χ0) is 19.0. The maximum atomic E-state index is 13.2. The lowest BCUT2D eigenvalue weighted by molar-refractivity contribution is 0.0699. The van der Waals surface area contributed by atoms with Gasteiger partial charge >= 0.3 is 5.97 Å². The van der Waals surface area contributed by atoms with Gasteiger partial charge in [0.1, 0.15) is 10.7 Å². The summed E-state index contributed by atoms with van der Waals surface area (Å²) in [6.45, 7) is 2.30. The van der Waals surface area contributed by atoms with Crippen LogP contribution in [0.25, 0.3) is 21.6 Å². The van der Waals surface area contributed by atoms with Crippen LogP contribution in [0, 0.1) is 6.92 Å². The third kappa shape index (κ3) is 3.13. The molecule has 0 amide bonds. The largest absolute Gasteiger partial charge is 0.478 e. The standard InChI is InChI=1S/C20H15N3O3S/c1-12-2-4-13(5-3-12)10-23-17(14-6-8-21-9-7-14)22-18-16(19(23)24)15(11-27-18)20(25)26/h2-9,11H,10H2,1H3,(H,25,26). The Morgan fingerprint density at radius 2 is 1.85 bits per heavy atom. The molecule has 3 heterocycles. The molecule has 0 saturated carbocycles. The summed E-state index contributed by atoms with van der Waals surface area (Å²) in [5, 5.41) is 11.0. The van der Waals surface area contributed by atoms with Gasteiger partial charge in [0.2, 0.25) is 0 Å². The summed E-state index contributed by atoms with van der Waals surface area (Å²) >= 11 is 1.16. The number of nitrogens with zero attached hydrogens (tertiary/aromatic N) is 3. The normalized spacial score (nSPS) is 11.0. The fraction of sp³-hybridized carbons (Fsp3) is 0.100. The molecule has 3 aromatic heterocycles. The molecule has 0 unspecified atom stereocenters. The maximum Gasteiger partial charge on any atom is 0.337 e. The van der Waals surface area contributed by atoms with Crippen LogP contribution in [-0.4, -0.2) is 25.6 Å². The number of fused-ring (bicyclic) bond motifs is 1. The molecule has 0 fully saturated rings. The van der Waals surface area contributed by atoms with E-state index in [0.29, 0.717) is 17.2 Å². The molecule has 27 heavy (non-hydrogen) atoms. The molecular formula is C20H15N3O3S. The second-order valence-corrected chi connectivity index (χ2v) is 7.04. The van der Waals surface area contributed by atoms with Gasteiger partial charge in [-0.15, -0.1) is 11.3 Å². The molecule has 0 bridgehead atoms. The van der Waals surface area contributed by atoms with Crippen LogP contribution in [0.4, 0.5) is 0 Å². The molecule has 0 spiro atoms. The Hall–Kier alpha value is -3.32. The van der Waals surface area contributed by atoms with Crippen LogP contribution < -0.4 is 5.56 Å². The number of aromatic carboxylic acids is 1. The van der Waals surface area contributed by atoms with Gasteiger partial charge in [0.05, 0.1) is 17.5 Å². The predicted octanol–water partition coefficient (Wildman–Crippen LogP) is 3.57. The van der Waals surface area contributed by atoms with Crippen molar-refractivity contribution < 1.29 is 9.90 Å². The number of benzene rings is 1. The topological polar surface area (TPSA) is 85.1 Å². The van der Waals surface area contributed by atoms with Crippen LogP contribution in [0.5, 0.6) is 0 Å². The van der Waals surface area contributed by atoms with Crippen molar-refractivity contribution >= 4 is 27.5 Å². The highest BCUT2D eigenvalue weighted by atomic mass is 32.1. The number of hydrogen-bond acceptors (Lipinski definition) is 5. The molecule has 134 valence electrons. The monoisotopic (exact) mass is 377 g/mol. The first-order chi connectivity index (χ1) is 13.0. The summed E-state index contributed by atoms with van der Waals surface area (Å²) in [4.78, 5) is 33.8. The smallest absolute Gasteiger partial charge is 0.337 e. The van der Waals surface area contributed by atoms with Gasteiger partial charge in [-0.2, -0.15) is 0 Å². The number of aryl methyl sites for hydroxylation is 1. The maximum absolute atomic E-state index is 13.2. The van der Waals surface area contributed by atoms with Crippen molar-refractivity contribution in [3.05, 3.63) is 81.2 Å². The first-order valence-corrected chi connectivity index (χ1v) is 9.14. The highest BCUT2D eigenvalue weighted by Crippen LogP contribution is 2.25. The van der Waals surface area contributed by atoms with E-state index in [1.54, 1.807) is 24.5 Å². The zero-order valence-electron chi connectivity index (χ0n) is 14.4. The predicted molar refractivity (Wildman–Crippen MR) is 104 cm³/mol. The average molecular weight is 377 g/mol. The molecule has 0 radical (unpaired) electrons. The number of carboxylic acids is 1. The summed E-state index contributed by atoms with van der Waals surface area (Å²) in [6, 6.07) is 11.4. The molecule has 0 saturated heterocycles. The van der Waals surface area contributed by atoms with E-state index in [2.05, 4.69) is 9.97 Å². The number of carbonyl (C=O) groups is 1. The number of hydrogen-bond donors (Lipinski definition) is 1. The molecule has 6 nitrogen and oxygen atoms in total. The lowest BCUT2D eigenvalue weighted by Crippen LogP contribution is -2.24. The fourth-order valence-corrected chi connectivity index (χ4v) is 3.83. The van der Waals surface area contributed by atoms with E-state index in [9.17, 15) is 14.7 Å². The lowest BCUT2D eigenvalue weighted by atomic mass is 10.1. The summed E-state index contributed by atoms with van der Waals surface area (Å²) in [6.07, 6.45) is 3.28. The van der Waals surface area contributed by atoms with Gasteiger partial charge in [-0.1, -0.05) is 29.8 Å². The van der Waals surface area contributed by atoms with Crippen LogP contribution >= 0.6 is 11.3 Å². The molecule has 0 aliphatic rings. The molecular weight excluding hydrogens is 362 g/mol. The van der Waals surface area contributed by atoms with E-state index < -0.39 is 5.97 Å². The van der Waals surface area contributed by atoms with Crippen molar-refractivity contribution in [2.75, 3.05) is 0 Å². The highest BCUT2D eigenvalue weighted by Gasteiger charge is 2.20. The van der Waals surface area contributed by atoms with Gasteiger partial charge in [-0.3, -0.25) is 14.3 Å². The van der Waals surface area contributed by atoms with Crippen molar-refractivity contribution in [3.8, 4) is 11.4 Å². The minimum atomic E-state index is -1.13. The number of thiophene rings is 1. The van der Waals surface area contributed by atoms with E-state index in [-0.39, 0.29) is 16.5 Å². The lowest BCUT2D eigenvalue weighted by Gasteiger charge is -2.13. The minimum absolute atomic E-state index is 0.00793. The number of aromatic nitrogens is 3. The first-order valence-electron chi connectivity index (χ1n) is 8.26. The fourth-order valence-electron chi connectivity index (χ4n) is 2.93. The van der Waals surface area contributed by atoms with E-state index >= 15 is 0 Å². The first kappa shape index (κ1) is 17.1. The van der Waals surface area contributed by atoms with Crippen molar-refractivity contribution in [2.24, 2.45) is 0 Å². The quantitative estimate of drug-likeness (QED) is 0.588. The Labute approximate surface area is 158 Å². The Bertz CT molecular complexity index is 1200. The van der Waals surface area contributed by atoms with Gasteiger partial charge in [0.25, 0.3) is 5.56 Å². The van der Waals surface area contributed by atoms with Crippen LogP contribution in [0.2, 0.25) is 0 Å². The summed E-state index contributed by atoms with van der Waals surface area (Å²) in [5.74, 6) is -0.632. The van der Waals surface area contributed by atoms with Crippen LogP contribution in [0.1, 0.15) is 21.5 Å². The van der Waals surface area contributed by atoms with Crippen molar-refractivity contribution in [2.45, 2.75) is 13.5 Å². The minimum Gasteiger partial charge on any atom is -0.478 e. The van der Waals surface area contributed by atoms with Gasteiger partial charge in [0, 0.05) is 23.3 Å². The summed E-state index contributed by atoms with van der Waals surface area (Å²) in [5.41, 5.74) is 2.45. The zero-order valence-corrected chi connectivity index (χ0v) is 15.2. The second-order valence-electron chi connectivity index (χ2n) is 6.18. The number of pyridine rings is 1. The van der Waals surface area contributed by atoms with Crippen LogP contribution in [0.15, 0.2) is 59.0 Å². The van der Waals surface area contributed by atoms with Crippen LogP contribution in [-0.2, 0) is 6.54 Å². The SMILES string of the molecule is Cc1ccc(Cn2c(-c3ccncc3)nc3scc(C(=O)O)c3c2=O)cc1. The second kappa shape index (κ2) is 6.77. The van der Waals surface area contributed by atoms with E-state index in [4.69, 9.17) is 0 Å². The van der Waals surface area contributed by atoms with Gasteiger partial charge in [-0.05, 0) is 24.6 Å². The molecule has 0 aliphatic heterocycles. The van der Waals surface area contributed by atoms with Gasteiger partial charge in [0.15, 0.2) is 0 Å². The molecule has 0 atom stereocenters. The van der Waals surface area contributed by atoms with Crippen LogP contribution in [0.3, 0.4) is 0 Å². The molecule has 4 rings (SSSR count). The van der Waals surface area contributed by atoms with Crippen molar-refractivity contribution in [1.29, 1.82) is 0 Å². The van der Waals surface area contributed by atoms with E-state index in [1.165, 1.54) is 9.95 Å². The molecule has 7 heteroatoms. The Morgan fingerprint density at radius 3 is 2.52 bits per heavy atom. The van der Waals surface area contributed by atoms with E-state index in [0.717, 1.165) is 28.0 Å². The third-order valence-corrected chi connectivity index (χ3v) is 5.20. The Balaban J connectivity index is 1.98. The Morgan fingerprint density at radius 1 is 1.15 bits per heavy atom. The number of rotatable bonds is 4. The average Bonchev–Trinajstić information content (AvgIpc) is 3.11. The summed E-state index contributed by atoms with van der Waals surface area (Å²) < 4.78 is 1.53. The highest BCUT2D eigenvalue weighted by molar-refractivity contribution is 7.17. The molecule has 0 aliphatic carbocycles. The van der Waals surface area contributed by atoms with E-state index in [1.807, 2.05) is 31.2 Å².